The van der Waals surface area contributed by atoms with Crippen molar-refractivity contribution in [2.24, 2.45) is 5.92 Å². The Hall–Kier alpha value is -0.0969. The molecule has 7 heteroatoms. The third-order valence-corrected chi connectivity index (χ3v) is 0.963. The van der Waals surface area contributed by atoms with Gasteiger partial charge in [-0.25, -0.2) is 0 Å². The van der Waals surface area contributed by atoms with Crippen molar-refractivity contribution in [3.05, 3.63) is 0 Å². The summed E-state index contributed by atoms with van der Waals surface area (Å²) in [6.07, 6.45) is -1.25. The number of rotatable bonds is 2. The minimum Gasteiger partial charge on any atom is -0.852 e. The Labute approximate surface area is 147 Å². The SMILES string of the molecule is CC(=O)C(C)C(=O)[O-].CC(C)[O-].CC(C)[O-].CC(C)[O-].[Zr+4]. The van der Waals surface area contributed by atoms with E-state index in [0.717, 1.165) is 0 Å². The van der Waals surface area contributed by atoms with Crippen LogP contribution in [0.3, 0.4) is 0 Å². The van der Waals surface area contributed by atoms with Gasteiger partial charge in [-0.1, -0.05) is 48.5 Å². The molecule has 0 radical (unpaired) electrons. The van der Waals surface area contributed by atoms with Gasteiger partial charge >= 0.3 is 26.2 Å². The zero-order chi connectivity index (χ0) is 17.5. The summed E-state index contributed by atoms with van der Waals surface area (Å²) < 4.78 is 0. The second-order valence-corrected chi connectivity index (χ2v) is 4.80. The number of ketones is 1. The molecule has 0 saturated carbocycles. The van der Waals surface area contributed by atoms with Crippen molar-refractivity contribution in [2.45, 2.75) is 73.7 Å². The van der Waals surface area contributed by atoms with Crippen LogP contribution < -0.4 is 20.4 Å². The summed E-state index contributed by atoms with van der Waals surface area (Å²) in [6.45, 7) is 12.2. The molecule has 1 atom stereocenters. The molecule has 0 bridgehead atoms. The maximum absolute atomic E-state index is 10.2. The molecular formula is C14H28O6Zr. The molecule has 0 spiro atoms. The predicted molar refractivity (Wildman–Crippen MR) is 70.3 cm³/mol. The van der Waals surface area contributed by atoms with Gasteiger partial charge in [0.05, 0.1) is 11.9 Å². The van der Waals surface area contributed by atoms with Gasteiger partial charge in [-0.2, -0.15) is 0 Å². The van der Waals surface area contributed by atoms with Gasteiger partial charge < -0.3 is 25.2 Å². The van der Waals surface area contributed by atoms with E-state index in [4.69, 9.17) is 0 Å². The number of aliphatic carboxylic acids is 1. The molecule has 21 heavy (non-hydrogen) atoms. The first-order valence-corrected chi connectivity index (χ1v) is 6.44. The van der Waals surface area contributed by atoms with Crippen LogP contribution in [0.5, 0.6) is 0 Å². The smallest absolute Gasteiger partial charge is 0.852 e. The molecule has 0 aromatic heterocycles. The summed E-state index contributed by atoms with van der Waals surface area (Å²) in [6, 6.07) is 0. The van der Waals surface area contributed by atoms with Crippen molar-refractivity contribution in [1.29, 1.82) is 0 Å². The van der Waals surface area contributed by atoms with Crippen LogP contribution in [0.1, 0.15) is 55.4 Å². The van der Waals surface area contributed by atoms with Crippen molar-refractivity contribution in [3.63, 3.8) is 0 Å². The number of carbonyl (C=O) groups is 2. The summed E-state index contributed by atoms with van der Waals surface area (Å²) in [7, 11) is 0. The van der Waals surface area contributed by atoms with Gasteiger partial charge in [0.25, 0.3) is 0 Å². The van der Waals surface area contributed by atoms with E-state index in [1.807, 2.05) is 0 Å². The average molecular weight is 384 g/mol. The van der Waals surface area contributed by atoms with Gasteiger partial charge in [-0.05, 0) is 6.92 Å². The summed E-state index contributed by atoms with van der Waals surface area (Å²) in [5, 5.41) is 38.4. The van der Waals surface area contributed by atoms with Crippen molar-refractivity contribution < 1.29 is 56.2 Å². The van der Waals surface area contributed by atoms with Gasteiger partial charge in [-0.3, -0.25) is 4.79 Å². The van der Waals surface area contributed by atoms with Crippen molar-refractivity contribution in [2.75, 3.05) is 0 Å². The molecule has 0 heterocycles. The number of Topliss-reactive ketones (excluding diaryl/α,β-unsaturated/α-hetero) is 1. The molecule has 0 amide bonds. The van der Waals surface area contributed by atoms with E-state index < -0.39 is 30.2 Å². The third-order valence-electron chi connectivity index (χ3n) is 0.963. The molecule has 1 unspecified atom stereocenters. The van der Waals surface area contributed by atoms with Crippen LogP contribution in [-0.2, 0) is 35.8 Å². The van der Waals surface area contributed by atoms with E-state index >= 15 is 0 Å². The Bertz CT molecular complexity index is 193. The molecule has 0 fully saturated rings. The number of hydrogen-bond donors (Lipinski definition) is 0. The Balaban J connectivity index is -0.0000000570. The van der Waals surface area contributed by atoms with Crippen molar-refractivity contribution >= 4 is 11.8 Å². The standard InChI is InChI=1S/C5H8O3.3C3H7O.Zr/c1-3(4(2)6)5(7)8;3*1-3(2)4;/h3H,1-2H3,(H,7,8);3*3H,1-2H3;/q;3*-1;+4/p-1. The van der Waals surface area contributed by atoms with Crippen LogP contribution >= 0.6 is 0 Å². The molecule has 0 aliphatic carbocycles. The molecule has 6 nitrogen and oxygen atoms in total. The van der Waals surface area contributed by atoms with E-state index in [2.05, 4.69) is 0 Å². The van der Waals surface area contributed by atoms with Crippen LogP contribution in [0.4, 0.5) is 0 Å². The van der Waals surface area contributed by atoms with Crippen LogP contribution in [0, 0.1) is 5.92 Å². The Morgan fingerprint density at radius 2 is 0.857 bits per heavy atom. The van der Waals surface area contributed by atoms with Crippen LogP contribution in [0.15, 0.2) is 0 Å². The normalized spacial score (nSPS) is 10.0. The zero-order valence-electron chi connectivity index (χ0n) is 14.3. The van der Waals surface area contributed by atoms with Crippen LogP contribution in [0.2, 0.25) is 0 Å². The predicted octanol–water partition coefficient (Wildman–Crippen LogP) is -1.78. The second-order valence-electron chi connectivity index (χ2n) is 4.80. The molecular weight excluding hydrogens is 355 g/mol. The third kappa shape index (κ3) is 102. The van der Waals surface area contributed by atoms with E-state index in [9.17, 15) is 30.0 Å². The largest absolute Gasteiger partial charge is 4.00 e. The van der Waals surface area contributed by atoms with Crippen molar-refractivity contribution in [3.8, 4) is 0 Å². The molecule has 124 valence electrons. The molecule has 0 N–H and O–H groups in total. The molecule has 0 rings (SSSR count). The first-order chi connectivity index (χ1) is 8.75. The van der Waals surface area contributed by atoms with Gasteiger partial charge in [0.15, 0.2) is 0 Å². The maximum Gasteiger partial charge on any atom is 4.00 e. The summed E-state index contributed by atoms with van der Waals surface area (Å²) in [5.41, 5.74) is 0. The van der Waals surface area contributed by atoms with E-state index in [0.29, 0.717) is 0 Å². The Morgan fingerprint density at radius 3 is 0.857 bits per heavy atom. The van der Waals surface area contributed by atoms with Crippen molar-refractivity contribution in [1.82, 2.24) is 0 Å². The van der Waals surface area contributed by atoms with E-state index in [-0.39, 0.29) is 32.0 Å². The Morgan fingerprint density at radius 1 is 0.714 bits per heavy atom. The number of carboxylic acid groups (broad SMARTS) is 1. The molecule has 0 aromatic carbocycles. The van der Waals surface area contributed by atoms with Crippen LogP contribution in [0.25, 0.3) is 0 Å². The number of hydrogen-bond acceptors (Lipinski definition) is 6. The first kappa shape index (κ1) is 32.7. The fourth-order valence-corrected chi connectivity index (χ4v) is 0.166. The van der Waals surface area contributed by atoms with Crippen LogP contribution in [-0.4, -0.2) is 30.1 Å². The summed E-state index contributed by atoms with van der Waals surface area (Å²) >= 11 is 0. The molecule has 0 aromatic rings. The summed E-state index contributed by atoms with van der Waals surface area (Å²) in [4.78, 5) is 20.0. The van der Waals surface area contributed by atoms with Gasteiger partial charge in [0, 0.05) is 0 Å². The minimum absolute atomic E-state index is 0. The zero-order valence-corrected chi connectivity index (χ0v) is 16.7. The van der Waals surface area contributed by atoms with Gasteiger partial charge in [-0.15, -0.1) is 18.3 Å². The van der Waals surface area contributed by atoms with Gasteiger partial charge in [0.2, 0.25) is 0 Å². The summed E-state index contributed by atoms with van der Waals surface area (Å²) in [5.74, 6) is -2.64. The first-order valence-electron chi connectivity index (χ1n) is 6.44. The van der Waals surface area contributed by atoms with Gasteiger partial charge in [0.1, 0.15) is 5.78 Å². The molecule has 0 aliphatic rings. The molecule has 0 aliphatic heterocycles. The number of carbonyl (C=O) groups excluding carboxylic acids is 2. The Kier molecular flexibility index (Phi) is 34.6. The van der Waals surface area contributed by atoms with E-state index in [1.165, 1.54) is 13.8 Å². The quantitative estimate of drug-likeness (QED) is 0.519. The monoisotopic (exact) mass is 382 g/mol. The minimum atomic E-state index is -1.31. The van der Waals surface area contributed by atoms with E-state index in [1.54, 1.807) is 41.5 Å². The average Bonchev–Trinajstić information content (AvgIpc) is 2.13. The maximum atomic E-state index is 10.2. The number of carboxylic acids is 1. The molecule has 0 saturated heterocycles. The topological polar surface area (TPSA) is 126 Å². The fourth-order valence-electron chi connectivity index (χ4n) is 0.166. The second kappa shape index (κ2) is 22.2. The fraction of sp³-hybridized carbons (Fsp3) is 0.857.